The molecule has 6 heteroatoms. The molecule has 0 aliphatic heterocycles. The first kappa shape index (κ1) is 14.9. The maximum absolute atomic E-state index is 6.09. The van der Waals surface area contributed by atoms with Gasteiger partial charge in [0.1, 0.15) is 5.69 Å². The summed E-state index contributed by atoms with van der Waals surface area (Å²) in [5, 5.41) is 7.93. The second kappa shape index (κ2) is 6.81. The highest BCUT2D eigenvalue weighted by molar-refractivity contribution is 6.32. The molecule has 0 spiro atoms. The van der Waals surface area contributed by atoms with Crippen molar-refractivity contribution in [1.29, 1.82) is 0 Å². The van der Waals surface area contributed by atoms with Crippen LogP contribution in [-0.4, -0.2) is 27.7 Å². The number of nitrogens with one attached hydrogen (secondary N) is 1. The zero-order valence-corrected chi connectivity index (χ0v) is 12.7. The monoisotopic (exact) mass is 294 g/mol. The number of nitrogens with zero attached hydrogens (tertiary/aromatic N) is 3. The summed E-state index contributed by atoms with van der Waals surface area (Å²) >= 11 is 6.09. The van der Waals surface area contributed by atoms with Gasteiger partial charge in [-0.25, -0.2) is 0 Å². The molecule has 2 rings (SSSR count). The van der Waals surface area contributed by atoms with Crippen molar-refractivity contribution in [2.45, 2.75) is 39.2 Å². The van der Waals surface area contributed by atoms with Gasteiger partial charge in [-0.3, -0.25) is 4.98 Å². The Kier molecular flexibility index (Phi) is 5.09. The molecule has 0 aromatic carbocycles. The van der Waals surface area contributed by atoms with Crippen LogP contribution in [-0.2, 0) is 0 Å². The average molecular weight is 295 g/mol. The minimum Gasteiger partial charge on any atom is -0.339 e. The zero-order chi connectivity index (χ0) is 14.5. The van der Waals surface area contributed by atoms with E-state index in [0.717, 1.165) is 13.0 Å². The van der Waals surface area contributed by atoms with Gasteiger partial charge in [-0.2, -0.15) is 4.98 Å². The van der Waals surface area contributed by atoms with Crippen molar-refractivity contribution in [3.05, 3.63) is 29.2 Å². The number of hydrogen-bond acceptors (Lipinski definition) is 5. The predicted octanol–water partition coefficient (Wildman–Crippen LogP) is 3.28. The first-order valence-corrected chi connectivity index (χ1v) is 7.23. The van der Waals surface area contributed by atoms with E-state index < -0.39 is 0 Å². The van der Waals surface area contributed by atoms with Crippen molar-refractivity contribution < 1.29 is 4.52 Å². The number of aromatic nitrogens is 3. The number of halogens is 1. The molecule has 2 aromatic heterocycles. The number of likely N-dealkylation sites (N-methyl/N-ethyl adjacent to an activating group) is 1. The Morgan fingerprint density at radius 1 is 1.40 bits per heavy atom. The summed E-state index contributed by atoms with van der Waals surface area (Å²) in [6.45, 7) is 7.21. The fourth-order valence-corrected chi connectivity index (χ4v) is 2.38. The third kappa shape index (κ3) is 3.16. The molecule has 2 aromatic rings. The van der Waals surface area contributed by atoms with E-state index in [0.29, 0.717) is 28.5 Å². The smallest absolute Gasteiger partial charge is 0.231 e. The van der Waals surface area contributed by atoms with E-state index in [1.807, 2.05) is 0 Å². The molecule has 2 unspecified atom stereocenters. The van der Waals surface area contributed by atoms with Crippen LogP contribution in [0.15, 0.2) is 22.9 Å². The topological polar surface area (TPSA) is 63.8 Å². The number of pyridine rings is 1. The lowest BCUT2D eigenvalue weighted by Gasteiger charge is -2.20. The van der Waals surface area contributed by atoms with E-state index in [1.165, 1.54) is 0 Å². The Hall–Kier alpha value is -1.46. The van der Waals surface area contributed by atoms with Gasteiger partial charge in [0.15, 0.2) is 0 Å². The van der Waals surface area contributed by atoms with Crippen molar-refractivity contribution >= 4 is 11.6 Å². The number of hydrogen-bond donors (Lipinski definition) is 1. The lowest BCUT2D eigenvalue weighted by atomic mass is 9.99. The van der Waals surface area contributed by atoms with Crippen LogP contribution < -0.4 is 5.32 Å². The summed E-state index contributed by atoms with van der Waals surface area (Å²) in [5.74, 6) is 1.18. The molecule has 20 heavy (non-hydrogen) atoms. The lowest BCUT2D eigenvalue weighted by Crippen LogP contribution is -2.33. The molecule has 0 saturated carbocycles. The van der Waals surface area contributed by atoms with Crippen LogP contribution in [0.1, 0.15) is 39.0 Å². The molecular formula is C14H19ClN4O. The second-order valence-corrected chi connectivity index (χ2v) is 5.06. The van der Waals surface area contributed by atoms with Crippen LogP contribution in [0.2, 0.25) is 5.02 Å². The number of rotatable bonds is 6. The van der Waals surface area contributed by atoms with Crippen molar-refractivity contribution in [2.24, 2.45) is 0 Å². The summed E-state index contributed by atoms with van der Waals surface area (Å²) in [6.07, 6.45) is 2.66. The van der Waals surface area contributed by atoms with Crippen LogP contribution in [0.25, 0.3) is 11.5 Å². The third-order valence-electron chi connectivity index (χ3n) is 3.31. The molecular weight excluding hydrogens is 276 g/mol. The molecule has 0 bridgehead atoms. The molecule has 2 heterocycles. The molecule has 5 nitrogen and oxygen atoms in total. The molecule has 0 saturated heterocycles. The fraction of sp³-hybridized carbons (Fsp3) is 0.500. The fourth-order valence-electron chi connectivity index (χ4n) is 2.18. The van der Waals surface area contributed by atoms with E-state index in [1.54, 1.807) is 18.3 Å². The predicted molar refractivity (Wildman–Crippen MR) is 78.7 cm³/mol. The van der Waals surface area contributed by atoms with Crippen molar-refractivity contribution in [1.82, 2.24) is 20.4 Å². The normalized spacial score (nSPS) is 14.2. The van der Waals surface area contributed by atoms with Crippen LogP contribution in [0.4, 0.5) is 0 Å². The van der Waals surface area contributed by atoms with Crippen molar-refractivity contribution in [2.75, 3.05) is 6.54 Å². The molecule has 0 radical (unpaired) electrons. The van der Waals surface area contributed by atoms with Gasteiger partial charge in [0.05, 0.1) is 10.9 Å². The Balaban J connectivity index is 2.22. The van der Waals surface area contributed by atoms with E-state index >= 15 is 0 Å². The quantitative estimate of drug-likeness (QED) is 0.886. The van der Waals surface area contributed by atoms with E-state index in [4.69, 9.17) is 16.1 Å². The van der Waals surface area contributed by atoms with Gasteiger partial charge in [-0.15, -0.1) is 0 Å². The SMILES string of the molecule is CCNC(CC)C(C)c1nc(-c2ncccc2Cl)no1. The lowest BCUT2D eigenvalue weighted by molar-refractivity contribution is 0.321. The van der Waals surface area contributed by atoms with Crippen LogP contribution in [0.5, 0.6) is 0 Å². The first-order chi connectivity index (χ1) is 9.67. The van der Waals surface area contributed by atoms with Gasteiger partial charge >= 0.3 is 0 Å². The maximum Gasteiger partial charge on any atom is 0.231 e. The molecule has 0 amide bonds. The maximum atomic E-state index is 6.09. The van der Waals surface area contributed by atoms with Crippen LogP contribution >= 0.6 is 11.6 Å². The minimum atomic E-state index is 0.142. The van der Waals surface area contributed by atoms with Gasteiger partial charge in [0, 0.05) is 12.2 Å². The standard InChI is InChI=1S/C14H19ClN4O/c1-4-11(16-5-2)9(3)14-18-13(19-20-14)12-10(15)7-6-8-17-12/h6-9,11,16H,4-5H2,1-3H3. The van der Waals surface area contributed by atoms with E-state index in [-0.39, 0.29) is 5.92 Å². The molecule has 0 aliphatic rings. The highest BCUT2D eigenvalue weighted by atomic mass is 35.5. The summed E-state index contributed by atoms with van der Waals surface area (Å²) in [5.41, 5.74) is 0.549. The Labute approximate surface area is 123 Å². The van der Waals surface area contributed by atoms with E-state index in [9.17, 15) is 0 Å². The Bertz CT molecular complexity index is 558. The summed E-state index contributed by atoms with van der Waals surface area (Å²) < 4.78 is 5.37. The minimum absolute atomic E-state index is 0.142. The average Bonchev–Trinajstić information content (AvgIpc) is 2.94. The second-order valence-electron chi connectivity index (χ2n) is 4.65. The molecule has 108 valence electrons. The summed E-state index contributed by atoms with van der Waals surface area (Å²) in [4.78, 5) is 8.62. The third-order valence-corrected chi connectivity index (χ3v) is 3.62. The highest BCUT2D eigenvalue weighted by Crippen LogP contribution is 2.25. The molecule has 0 fully saturated rings. The Morgan fingerprint density at radius 3 is 2.85 bits per heavy atom. The van der Waals surface area contributed by atoms with Gasteiger partial charge in [0.25, 0.3) is 0 Å². The van der Waals surface area contributed by atoms with Crippen LogP contribution in [0, 0.1) is 0 Å². The Morgan fingerprint density at radius 2 is 2.20 bits per heavy atom. The zero-order valence-electron chi connectivity index (χ0n) is 11.9. The van der Waals surface area contributed by atoms with Crippen molar-refractivity contribution in [3.8, 4) is 11.5 Å². The molecule has 0 aliphatic carbocycles. The summed E-state index contributed by atoms with van der Waals surface area (Å²) in [6, 6.07) is 3.84. The molecule has 2 atom stereocenters. The summed E-state index contributed by atoms with van der Waals surface area (Å²) in [7, 11) is 0. The van der Waals surface area contributed by atoms with Gasteiger partial charge < -0.3 is 9.84 Å². The first-order valence-electron chi connectivity index (χ1n) is 6.85. The molecule has 1 N–H and O–H groups in total. The largest absolute Gasteiger partial charge is 0.339 e. The van der Waals surface area contributed by atoms with Gasteiger partial charge in [0.2, 0.25) is 11.7 Å². The van der Waals surface area contributed by atoms with Gasteiger partial charge in [-0.05, 0) is 25.1 Å². The van der Waals surface area contributed by atoms with Crippen molar-refractivity contribution in [3.63, 3.8) is 0 Å². The highest BCUT2D eigenvalue weighted by Gasteiger charge is 2.23. The van der Waals surface area contributed by atoms with Crippen LogP contribution in [0.3, 0.4) is 0 Å². The van der Waals surface area contributed by atoms with Gasteiger partial charge in [-0.1, -0.05) is 37.5 Å². The van der Waals surface area contributed by atoms with E-state index in [2.05, 4.69) is 41.2 Å².